The van der Waals surface area contributed by atoms with Crippen molar-refractivity contribution in [2.45, 2.75) is 24.2 Å². The number of aromatic nitrogens is 2. The summed E-state index contributed by atoms with van der Waals surface area (Å²) in [6.45, 7) is 0.382. The second-order valence-corrected chi connectivity index (χ2v) is 8.76. The third-order valence-corrected chi connectivity index (χ3v) is 6.58. The molecule has 10 nitrogen and oxygen atoms in total. The molecule has 1 saturated heterocycles. The van der Waals surface area contributed by atoms with Crippen molar-refractivity contribution < 1.29 is 27.5 Å². The maximum atomic E-state index is 13.0. The maximum absolute atomic E-state index is 13.0. The molecule has 11 heteroatoms. The van der Waals surface area contributed by atoms with E-state index in [-0.39, 0.29) is 21.9 Å². The van der Waals surface area contributed by atoms with Crippen LogP contribution in [0.25, 0.3) is 0 Å². The van der Waals surface area contributed by atoms with E-state index in [0.717, 1.165) is 19.3 Å². The first-order valence-electron chi connectivity index (χ1n) is 9.45. The monoisotopic (exact) mass is 436 g/mol. The number of benzene rings is 1. The minimum atomic E-state index is -3.76. The number of carbonyl (C=O) groups excluding carboxylic acids is 2. The number of carbonyl (C=O) groups is 2. The molecule has 1 aliphatic heterocycles. The molecule has 1 amide bonds. The largest absolute Gasteiger partial charge is 0.495 e. The van der Waals surface area contributed by atoms with Crippen LogP contribution in [0, 0.1) is 0 Å². The van der Waals surface area contributed by atoms with Crippen LogP contribution in [0.2, 0.25) is 0 Å². The Labute approximate surface area is 174 Å². The molecule has 2 aromatic rings. The van der Waals surface area contributed by atoms with E-state index in [1.54, 1.807) is 7.05 Å². The van der Waals surface area contributed by atoms with Gasteiger partial charge in [-0.15, -0.1) is 0 Å². The van der Waals surface area contributed by atoms with E-state index in [1.165, 1.54) is 46.7 Å². The lowest BCUT2D eigenvalue weighted by Gasteiger charge is -2.26. The fraction of sp³-hybridized carbons (Fsp3) is 0.421. The van der Waals surface area contributed by atoms with Crippen LogP contribution in [-0.4, -0.2) is 61.2 Å². The van der Waals surface area contributed by atoms with Crippen molar-refractivity contribution in [1.29, 1.82) is 0 Å². The summed E-state index contributed by atoms with van der Waals surface area (Å²) in [4.78, 5) is 24.1. The Balaban J connectivity index is 1.69. The highest BCUT2D eigenvalue weighted by Gasteiger charge is 2.29. The molecule has 0 unspecified atom stereocenters. The molecule has 0 aliphatic carbocycles. The van der Waals surface area contributed by atoms with Crippen molar-refractivity contribution in [3.05, 3.63) is 36.2 Å². The maximum Gasteiger partial charge on any atom is 0.341 e. The first-order chi connectivity index (χ1) is 14.3. The Morgan fingerprint density at radius 2 is 1.93 bits per heavy atom. The number of hydrogen-bond donors (Lipinski definition) is 1. The minimum Gasteiger partial charge on any atom is -0.495 e. The lowest BCUT2D eigenvalue weighted by Crippen LogP contribution is -2.35. The predicted molar refractivity (Wildman–Crippen MR) is 108 cm³/mol. The minimum absolute atomic E-state index is 0.0166. The van der Waals surface area contributed by atoms with Crippen molar-refractivity contribution in [3.63, 3.8) is 0 Å². The summed E-state index contributed by atoms with van der Waals surface area (Å²) in [6, 6.07) is 4.35. The van der Waals surface area contributed by atoms with Gasteiger partial charge in [0, 0.05) is 32.0 Å². The van der Waals surface area contributed by atoms with Crippen molar-refractivity contribution in [2.24, 2.45) is 7.05 Å². The second kappa shape index (κ2) is 9.26. The fourth-order valence-electron chi connectivity index (χ4n) is 3.14. The van der Waals surface area contributed by atoms with Crippen molar-refractivity contribution in [1.82, 2.24) is 14.1 Å². The average molecular weight is 436 g/mol. The van der Waals surface area contributed by atoms with E-state index in [2.05, 4.69) is 10.4 Å². The summed E-state index contributed by atoms with van der Waals surface area (Å²) in [6.07, 6.45) is 5.42. The molecule has 1 fully saturated rings. The Bertz CT molecular complexity index is 1030. The molecule has 1 N–H and O–H groups in total. The van der Waals surface area contributed by atoms with Crippen molar-refractivity contribution in [2.75, 3.05) is 32.1 Å². The molecule has 30 heavy (non-hydrogen) atoms. The topological polar surface area (TPSA) is 120 Å². The molecule has 0 radical (unpaired) electrons. The number of hydrogen-bond acceptors (Lipinski definition) is 7. The highest BCUT2D eigenvalue weighted by Crippen LogP contribution is 2.31. The van der Waals surface area contributed by atoms with Gasteiger partial charge in [0.1, 0.15) is 10.6 Å². The fourth-order valence-corrected chi connectivity index (χ4v) is 4.84. The number of ether oxygens (including phenoxy) is 2. The van der Waals surface area contributed by atoms with Gasteiger partial charge in [-0.3, -0.25) is 9.48 Å². The molecule has 0 saturated carbocycles. The van der Waals surface area contributed by atoms with Crippen LogP contribution in [-0.2, 0) is 26.6 Å². The molecule has 1 aliphatic rings. The van der Waals surface area contributed by atoms with E-state index >= 15 is 0 Å². The summed E-state index contributed by atoms with van der Waals surface area (Å²) < 4.78 is 39.1. The summed E-state index contributed by atoms with van der Waals surface area (Å²) in [5.74, 6) is -1.08. The number of sulfonamides is 1. The number of piperidine rings is 1. The second-order valence-electron chi connectivity index (χ2n) is 6.86. The van der Waals surface area contributed by atoms with Gasteiger partial charge in [-0.1, -0.05) is 6.42 Å². The SMILES string of the molecule is COc1ccc(NC(=O)COC(=O)c2cnn(C)c2)cc1S(=O)(=O)N1CCCCC1. The molecule has 2 heterocycles. The number of anilines is 1. The standard InChI is InChI=1S/C19H24N4O6S/c1-22-12-14(11-20-22)19(25)29-13-18(24)21-15-6-7-16(28-2)17(10-15)30(26,27)23-8-4-3-5-9-23/h6-7,10-12H,3-5,8-9,13H2,1-2H3,(H,21,24). The first kappa shape index (κ1) is 21.8. The molecular weight excluding hydrogens is 412 g/mol. The Kier molecular flexibility index (Phi) is 6.73. The molecule has 1 aromatic carbocycles. The van der Waals surface area contributed by atoms with Crippen LogP contribution in [0.1, 0.15) is 29.6 Å². The number of nitrogens with zero attached hydrogens (tertiary/aromatic N) is 3. The summed E-state index contributed by atoms with van der Waals surface area (Å²) >= 11 is 0. The molecular formula is C19H24N4O6S. The van der Waals surface area contributed by atoms with E-state index in [1.807, 2.05) is 0 Å². The number of amides is 1. The smallest absolute Gasteiger partial charge is 0.341 e. The Morgan fingerprint density at radius 1 is 1.20 bits per heavy atom. The zero-order valence-corrected chi connectivity index (χ0v) is 17.6. The Hall–Kier alpha value is -2.92. The van der Waals surface area contributed by atoms with E-state index < -0.39 is 28.5 Å². The lowest BCUT2D eigenvalue weighted by molar-refractivity contribution is -0.119. The third kappa shape index (κ3) is 4.97. The summed E-state index contributed by atoms with van der Waals surface area (Å²) in [5, 5.41) is 6.41. The zero-order valence-electron chi connectivity index (χ0n) is 16.8. The van der Waals surface area contributed by atoms with Crippen LogP contribution >= 0.6 is 0 Å². The number of methoxy groups -OCH3 is 1. The predicted octanol–water partition coefficient (Wildman–Crippen LogP) is 1.40. The molecule has 162 valence electrons. The van der Waals surface area contributed by atoms with Crippen molar-refractivity contribution in [3.8, 4) is 5.75 Å². The van der Waals surface area contributed by atoms with Gasteiger partial charge in [0.2, 0.25) is 10.0 Å². The molecule has 3 rings (SSSR count). The van der Waals surface area contributed by atoms with Gasteiger partial charge >= 0.3 is 5.97 Å². The Morgan fingerprint density at radius 3 is 2.57 bits per heavy atom. The number of aryl methyl sites for hydroxylation is 1. The van der Waals surface area contributed by atoms with Crippen molar-refractivity contribution >= 4 is 27.6 Å². The quantitative estimate of drug-likeness (QED) is 0.652. The van der Waals surface area contributed by atoms with Crippen LogP contribution in [0.15, 0.2) is 35.5 Å². The highest BCUT2D eigenvalue weighted by atomic mass is 32.2. The molecule has 1 aromatic heterocycles. The summed E-state index contributed by atoms with van der Waals surface area (Å²) in [5.41, 5.74) is 0.485. The van der Waals surface area contributed by atoms with Crippen LogP contribution in [0.3, 0.4) is 0 Å². The average Bonchev–Trinajstić information content (AvgIpc) is 3.19. The van der Waals surface area contributed by atoms with Gasteiger partial charge in [-0.25, -0.2) is 13.2 Å². The molecule has 0 bridgehead atoms. The normalized spacial score (nSPS) is 14.9. The first-order valence-corrected chi connectivity index (χ1v) is 10.9. The van der Waals surface area contributed by atoms with Gasteiger partial charge in [-0.2, -0.15) is 9.40 Å². The van der Waals surface area contributed by atoms with E-state index in [4.69, 9.17) is 9.47 Å². The third-order valence-electron chi connectivity index (χ3n) is 4.66. The molecule has 0 spiro atoms. The van der Waals surface area contributed by atoms with Gasteiger partial charge in [0.25, 0.3) is 5.91 Å². The van der Waals surface area contributed by atoms with Gasteiger partial charge < -0.3 is 14.8 Å². The van der Waals surface area contributed by atoms with Crippen LogP contribution < -0.4 is 10.1 Å². The van der Waals surface area contributed by atoms with Gasteiger partial charge in [-0.05, 0) is 31.0 Å². The van der Waals surface area contributed by atoms with Crippen LogP contribution in [0.4, 0.5) is 5.69 Å². The number of nitrogens with one attached hydrogen (secondary N) is 1. The summed E-state index contributed by atoms with van der Waals surface area (Å²) in [7, 11) is -0.715. The number of esters is 1. The molecule has 0 atom stereocenters. The van der Waals surface area contributed by atoms with Gasteiger partial charge in [0.15, 0.2) is 6.61 Å². The van der Waals surface area contributed by atoms with Crippen LogP contribution in [0.5, 0.6) is 5.75 Å². The highest BCUT2D eigenvalue weighted by molar-refractivity contribution is 7.89. The van der Waals surface area contributed by atoms with E-state index in [9.17, 15) is 18.0 Å². The van der Waals surface area contributed by atoms with E-state index in [0.29, 0.717) is 13.1 Å². The van der Waals surface area contributed by atoms with Gasteiger partial charge in [0.05, 0.1) is 18.9 Å². The zero-order chi connectivity index (χ0) is 21.7. The lowest BCUT2D eigenvalue weighted by atomic mass is 10.2. The number of rotatable bonds is 7.